The molecule has 24 heavy (non-hydrogen) atoms. The van der Waals surface area contributed by atoms with Crippen LogP contribution in [0.3, 0.4) is 0 Å². The van der Waals surface area contributed by atoms with Gasteiger partial charge >= 0.3 is 6.03 Å². The van der Waals surface area contributed by atoms with Crippen molar-refractivity contribution in [3.63, 3.8) is 0 Å². The highest BCUT2D eigenvalue weighted by molar-refractivity contribution is 5.89. The van der Waals surface area contributed by atoms with Crippen molar-refractivity contribution in [2.75, 3.05) is 11.9 Å². The molecule has 0 saturated carbocycles. The topological polar surface area (TPSA) is 50.4 Å². The Bertz CT molecular complexity index is 688. The van der Waals surface area contributed by atoms with Gasteiger partial charge in [0, 0.05) is 12.6 Å². The first-order chi connectivity index (χ1) is 11.4. The minimum absolute atomic E-state index is 0.0574. The number of carbonyl (C=O) groups excluding carboxylic acids is 1. The van der Waals surface area contributed by atoms with Crippen LogP contribution in [-0.4, -0.2) is 18.7 Å². The molecule has 0 fully saturated rings. The van der Waals surface area contributed by atoms with E-state index < -0.39 is 11.8 Å². The minimum Gasteiger partial charge on any atom is -0.491 e. The van der Waals surface area contributed by atoms with Gasteiger partial charge in [-0.15, -0.1) is 0 Å². The molecule has 0 aromatic heterocycles. The summed E-state index contributed by atoms with van der Waals surface area (Å²) in [4.78, 5) is 11.8. The lowest BCUT2D eigenvalue weighted by Gasteiger charge is -2.12. The van der Waals surface area contributed by atoms with Crippen LogP contribution in [0.25, 0.3) is 0 Å². The van der Waals surface area contributed by atoms with Gasteiger partial charge in [0.1, 0.15) is 17.4 Å². The molecule has 0 unspecified atom stereocenters. The Balaban J connectivity index is 1.82. The van der Waals surface area contributed by atoms with Gasteiger partial charge < -0.3 is 15.4 Å². The fourth-order valence-electron chi connectivity index (χ4n) is 2.08. The number of anilines is 1. The van der Waals surface area contributed by atoms with E-state index in [4.69, 9.17) is 4.74 Å². The van der Waals surface area contributed by atoms with E-state index in [1.54, 1.807) is 18.2 Å². The first kappa shape index (κ1) is 17.7. The third kappa shape index (κ3) is 5.53. The number of carbonyl (C=O) groups is 1. The second kappa shape index (κ2) is 8.29. The zero-order valence-electron chi connectivity index (χ0n) is 13.6. The highest BCUT2D eigenvalue weighted by Gasteiger charge is 2.08. The summed E-state index contributed by atoms with van der Waals surface area (Å²) in [7, 11) is 0. The molecule has 2 aromatic rings. The molecule has 0 aliphatic rings. The lowest BCUT2D eigenvalue weighted by atomic mass is 10.1. The Morgan fingerprint density at radius 2 is 1.83 bits per heavy atom. The zero-order valence-corrected chi connectivity index (χ0v) is 13.6. The summed E-state index contributed by atoms with van der Waals surface area (Å²) in [6.45, 7) is 4.05. The Kier molecular flexibility index (Phi) is 6.12. The quantitative estimate of drug-likeness (QED) is 0.835. The summed E-state index contributed by atoms with van der Waals surface area (Å²) in [5.41, 5.74) is 0.975. The first-order valence-corrected chi connectivity index (χ1v) is 7.69. The molecule has 0 radical (unpaired) electrons. The summed E-state index contributed by atoms with van der Waals surface area (Å²) in [6, 6.07) is 9.81. The molecule has 0 atom stereocenters. The number of amides is 2. The largest absolute Gasteiger partial charge is 0.491 e. The molecule has 2 aromatic carbocycles. The van der Waals surface area contributed by atoms with Gasteiger partial charge in [-0.05, 0) is 50.1 Å². The maximum Gasteiger partial charge on any atom is 0.319 e. The van der Waals surface area contributed by atoms with Crippen molar-refractivity contribution in [2.45, 2.75) is 26.4 Å². The first-order valence-electron chi connectivity index (χ1n) is 7.69. The monoisotopic (exact) mass is 334 g/mol. The molecule has 0 aliphatic carbocycles. The third-order valence-corrected chi connectivity index (χ3v) is 3.17. The number of nitrogens with one attached hydrogen (secondary N) is 2. The molecule has 128 valence electrons. The van der Waals surface area contributed by atoms with Crippen molar-refractivity contribution < 1.29 is 18.3 Å². The van der Waals surface area contributed by atoms with Gasteiger partial charge in [-0.1, -0.05) is 12.1 Å². The Labute approximate surface area is 139 Å². The summed E-state index contributed by atoms with van der Waals surface area (Å²) >= 11 is 0. The lowest BCUT2D eigenvalue weighted by molar-refractivity contribution is 0.241. The van der Waals surface area contributed by atoms with E-state index in [9.17, 15) is 13.6 Å². The number of urea groups is 1. The van der Waals surface area contributed by atoms with Crippen molar-refractivity contribution in [1.82, 2.24) is 5.32 Å². The van der Waals surface area contributed by atoms with Crippen LogP contribution in [0.1, 0.15) is 19.4 Å². The van der Waals surface area contributed by atoms with Crippen LogP contribution in [0.2, 0.25) is 0 Å². The van der Waals surface area contributed by atoms with E-state index in [0.717, 1.165) is 5.56 Å². The fraction of sp³-hybridized carbons (Fsp3) is 0.278. The summed E-state index contributed by atoms with van der Waals surface area (Å²) < 4.78 is 32.1. The number of hydrogen-bond donors (Lipinski definition) is 2. The van der Waals surface area contributed by atoms with Crippen LogP contribution in [0, 0.1) is 11.6 Å². The van der Waals surface area contributed by atoms with Crippen molar-refractivity contribution in [2.24, 2.45) is 0 Å². The Morgan fingerprint density at radius 1 is 1.12 bits per heavy atom. The van der Waals surface area contributed by atoms with E-state index >= 15 is 0 Å². The average molecular weight is 334 g/mol. The minimum atomic E-state index is -0.568. The van der Waals surface area contributed by atoms with E-state index in [0.29, 0.717) is 18.7 Å². The van der Waals surface area contributed by atoms with Gasteiger partial charge in [0.05, 0.1) is 11.8 Å². The average Bonchev–Trinajstić information content (AvgIpc) is 2.51. The predicted molar refractivity (Wildman–Crippen MR) is 89.3 cm³/mol. The molecular formula is C18H20F2N2O2. The van der Waals surface area contributed by atoms with Gasteiger partial charge in [-0.25, -0.2) is 13.6 Å². The Hall–Kier alpha value is -2.63. The number of rotatable bonds is 6. The molecule has 2 amide bonds. The molecule has 0 aliphatic heterocycles. The molecular weight excluding hydrogens is 314 g/mol. The van der Waals surface area contributed by atoms with Crippen LogP contribution in [-0.2, 0) is 6.42 Å². The second-order valence-corrected chi connectivity index (χ2v) is 5.57. The number of halogens is 2. The van der Waals surface area contributed by atoms with Crippen molar-refractivity contribution >= 4 is 11.7 Å². The van der Waals surface area contributed by atoms with Crippen molar-refractivity contribution in [3.05, 3.63) is 59.7 Å². The maximum absolute atomic E-state index is 13.9. The van der Waals surface area contributed by atoms with Crippen LogP contribution in [0.4, 0.5) is 19.3 Å². The molecule has 2 N–H and O–H groups in total. The van der Waals surface area contributed by atoms with Crippen molar-refractivity contribution in [3.8, 4) is 5.75 Å². The van der Waals surface area contributed by atoms with Crippen LogP contribution < -0.4 is 15.4 Å². The van der Waals surface area contributed by atoms with Crippen LogP contribution in [0.5, 0.6) is 5.75 Å². The standard InChI is InChI=1S/C18H20F2N2O2/c1-12(2)24-15-7-8-17(16(20)11-15)22-18(23)21-10-9-13-3-5-14(19)6-4-13/h3-8,11-12H,9-10H2,1-2H3,(H2,21,22,23). The number of benzene rings is 2. The molecule has 0 spiro atoms. The van der Waals surface area contributed by atoms with Crippen LogP contribution >= 0.6 is 0 Å². The summed E-state index contributed by atoms with van der Waals surface area (Å²) in [5, 5.41) is 5.07. The fourth-order valence-corrected chi connectivity index (χ4v) is 2.08. The van der Waals surface area contributed by atoms with Crippen LogP contribution in [0.15, 0.2) is 42.5 Å². The van der Waals surface area contributed by atoms with Gasteiger partial charge in [0.25, 0.3) is 0 Å². The molecule has 2 rings (SSSR count). The molecule has 0 bridgehead atoms. The van der Waals surface area contributed by atoms with Crippen molar-refractivity contribution in [1.29, 1.82) is 0 Å². The highest BCUT2D eigenvalue weighted by Crippen LogP contribution is 2.21. The van der Waals surface area contributed by atoms with E-state index in [-0.39, 0.29) is 17.6 Å². The molecule has 6 heteroatoms. The SMILES string of the molecule is CC(C)Oc1ccc(NC(=O)NCCc2ccc(F)cc2)c(F)c1. The number of hydrogen-bond acceptors (Lipinski definition) is 2. The molecule has 4 nitrogen and oxygen atoms in total. The predicted octanol–water partition coefficient (Wildman–Crippen LogP) is 4.12. The lowest BCUT2D eigenvalue weighted by Crippen LogP contribution is -2.30. The summed E-state index contributed by atoms with van der Waals surface area (Å²) in [5.74, 6) is -0.462. The van der Waals surface area contributed by atoms with Gasteiger partial charge in [-0.2, -0.15) is 0 Å². The highest BCUT2D eigenvalue weighted by atomic mass is 19.1. The van der Waals surface area contributed by atoms with E-state index in [2.05, 4.69) is 10.6 Å². The Morgan fingerprint density at radius 3 is 2.46 bits per heavy atom. The van der Waals surface area contributed by atoms with E-state index in [1.807, 2.05) is 13.8 Å². The normalized spacial score (nSPS) is 10.5. The third-order valence-electron chi connectivity index (χ3n) is 3.17. The smallest absolute Gasteiger partial charge is 0.319 e. The maximum atomic E-state index is 13.9. The zero-order chi connectivity index (χ0) is 17.5. The van der Waals surface area contributed by atoms with Gasteiger partial charge in [-0.3, -0.25) is 0 Å². The second-order valence-electron chi connectivity index (χ2n) is 5.57. The van der Waals surface area contributed by atoms with E-state index in [1.165, 1.54) is 24.3 Å². The van der Waals surface area contributed by atoms with Gasteiger partial charge in [0.15, 0.2) is 0 Å². The summed E-state index contributed by atoms with van der Waals surface area (Å²) in [6.07, 6.45) is 0.495. The molecule has 0 heterocycles. The number of ether oxygens (including phenoxy) is 1. The van der Waals surface area contributed by atoms with Gasteiger partial charge in [0.2, 0.25) is 0 Å². The molecule has 0 saturated heterocycles.